The summed E-state index contributed by atoms with van der Waals surface area (Å²) in [4.78, 5) is 18.7. The van der Waals surface area contributed by atoms with Crippen LogP contribution in [-0.2, 0) is 15.9 Å². The summed E-state index contributed by atoms with van der Waals surface area (Å²) < 4.78 is 40.3. The lowest BCUT2D eigenvalue weighted by atomic mass is 10.0. The Morgan fingerprint density at radius 2 is 2.06 bits per heavy atom. The quantitative estimate of drug-likeness (QED) is 0.614. The van der Waals surface area contributed by atoms with Gasteiger partial charge in [0.25, 0.3) is 0 Å². The van der Waals surface area contributed by atoms with Crippen LogP contribution in [0, 0.1) is 5.82 Å². The summed E-state index contributed by atoms with van der Waals surface area (Å²) in [6, 6.07) is 5.97. The van der Waals surface area contributed by atoms with Gasteiger partial charge in [-0.2, -0.15) is 0 Å². The van der Waals surface area contributed by atoms with Crippen LogP contribution < -0.4 is 10.2 Å². The van der Waals surface area contributed by atoms with Gasteiger partial charge in [-0.25, -0.2) is 13.6 Å². The first-order chi connectivity index (χ1) is 15.6. The monoisotopic (exact) mass is 463 g/mol. The fourth-order valence-corrected chi connectivity index (χ4v) is 4.18. The molecule has 1 fully saturated rings. The van der Waals surface area contributed by atoms with Crippen LogP contribution in [0.2, 0.25) is 0 Å². The summed E-state index contributed by atoms with van der Waals surface area (Å²) in [5.41, 5.74) is 1.37. The molecule has 0 bridgehead atoms. The molecule has 33 heavy (non-hydrogen) atoms. The van der Waals surface area contributed by atoms with Crippen molar-refractivity contribution in [3.63, 3.8) is 0 Å². The van der Waals surface area contributed by atoms with E-state index in [0.717, 1.165) is 18.5 Å². The van der Waals surface area contributed by atoms with Crippen LogP contribution in [0.1, 0.15) is 52.7 Å². The molecule has 1 aliphatic rings. The average Bonchev–Trinajstić information content (AvgIpc) is 2.74. The molecular formula is C25H35F2N3O3. The molecule has 6 nitrogen and oxygen atoms in total. The van der Waals surface area contributed by atoms with Crippen LogP contribution in [0.5, 0.6) is 0 Å². The number of fused-ring (bicyclic) bond motifs is 1. The summed E-state index contributed by atoms with van der Waals surface area (Å²) >= 11 is 0. The van der Waals surface area contributed by atoms with Crippen LogP contribution in [0.25, 0.3) is 10.9 Å². The van der Waals surface area contributed by atoms with Crippen molar-refractivity contribution >= 4 is 22.7 Å². The first-order valence-electron chi connectivity index (χ1n) is 11.6. The number of carbonyl (C=O) groups excluding carboxylic acids is 1. The number of nitrogens with one attached hydrogen (secondary N) is 1. The van der Waals surface area contributed by atoms with Gasteiger partial charge in [-0.1, -0.05) is 13.3 Å². The number of anilines is 1. The zero-order valence-corrected chi connectivity index (χ0v) is 20.2. The molecule has 182 valence electrons. The van der Waals surface area contributed by atoms with Gasteiger partial charge >= 0.3 is 6.09 Å². The van der Waals surface area contributed by atoms with Gasteiger partial charge in [0.15, 0.2) is 0 Å². The summed E-state index contributed by atoms with van der Waals surface area (Å²) in [6.45, 7) is 7.97. The third-order valence-electron chi connectivity index (χ3n) is 5.81. The highest BCUT2D eigenvalue weighted by atomic mass is 19.1. The summed E-state index contributed by atoms with van der Waals surface area (Å²) in [5.74, 6) is -0.358. The number of rotatable bonds is 7. The number of hydrogen-bond donors (Lipinski definition) is 1. The van der Waals surface area contributed by atoms with Crippen molar-refractivity contribution < 1.29 is 23.0 Å². The molecule has 1 aromatic heterocycles. The smallest absolute Gasteiger partial charge is 0.407 e. The van der Waals surface area contributed by atoms with E-state index in [0.29, 0.717) is 36.0 Å². The van der Waals surface area contributed by atoms with E-state index in [1.165, 1.54) is 6.07 Å². The number of pyridine rings is 1. The van der Waals surface area contributed by atoms with E-state index < -0.39 is 23.9 Å². The number of alkyl halides is 1. The number of ether oxygens (including phenoxy) is 2. The predicted molar refractivity (Wildman–Crippen MR) is 126 cm³/mol. The Hall–Kier alpha value is -2.48. The summed E-state index contributed by atoms with van der Waals surface area (Å²) in [6.07, 6.45) is 1.07. The number of nitrogens with zero attached hydrogens (tertiary/aromatic N) is 2. The first kappa shape index (κ1) is 25.1. The third-order valence-corrected chi connectivity index (χ3v) is 5.81. The van der Waals surface area contributed by atoms with Gasteiger partial charge in [-0.3, -0.25) is 4.98 Å². The molecule has 1 saturated heterocycles. The maximum atomic E-state index is 15.0. The van der Waals surface area contributed by atoms with Gasteiger partial charge in [0.2, 0.25) is 0 Å². The molecule has 1 amide bonds. The van der Waals surface area contributed by atoms with Crippen LogP contribution in [0.15, 0.2) is 24.3 Å². The number of benzene rings is 1. The second-order valence-corrected chi connectivity index (χ2v) is 9.62. The van der Waals surface area contributed by atoms with E-state index >= 15 is 4.39 Å². The topological polar surface area (TPSA) is 63.7 Å². The molecule has 1 unspecified atom stereocenters. The number of aromatic nitrogens is 1. The fourth-order valence-electron chi connectivity index (χ4n) is 4.18. The van der Waals surface area contributed by atoms with Crippen LogP contribution in [-0.4, -0.2) is 55.2 Å². The second kappa shape index (κ2) is 10.6. The first-order valence-corrected chi connectivity index (χ1v) is 11.6. The lowest BCUT2D eigenvalue weighted by Crippen LogP contribution is -2.53. The Morgan fingerprint density at radius 1 is 1.30 bits per heavy atom. The summed E-state index contributed by atoms with van der Waals surface area (Å²) in [5, 5.41) is 3.05. The van der Waals surface area contributed by atoms with Crippen molar-refractivity contribution in [2.75, 3.05) is 25.1 Å². The highest BCUT2D eigenvalue weighted by Crippen LogP contribution is 2.31. The van der Waals surface area contributed by atoms with E-state index in [9.17, 15) is 9.18 Å². The van der Waals surface area contributed by atoms with Gasteiger partial charge in [-0.15, -0.1) is 0 Å². The molecule has 8 heteroatoms. The Kier molecular flexibility index (Phi) is 8.10. The van der Waals surface area contributed by atoms with Crippen LogP contribution >= 0.6 is 0 Å². The molecule has 0 spiro atoms. The molecule has 0 radical (unpaired) electrons. The van der Waals surface area contributed by atoms with Gasteiger partial charge in [-0.05, 0) is 57.9 Å². The number of carbonyl (C=O) groups is 1. The van der Waals surface area contributed by atoms with Crippen molar-refractivity contribution in [1.82, 2.24) is 10.3 Å². The lowest BCUT2D eigenvalue weighted by molar-refractivity contribution is 0.0463. The Morgan fingerprint density at radius 3 is 2.70 bits per heavy atom. The van der Waals surface area contributed by atoms with Gasteiger partial charge in [0.1, 0.15) is 17.6 Å². The molecule has 2 heterocycles. The van der Waals surface area contributed by atoms with Gasteiger partial charge < -0.3 is 19.7 Å². The maximum absolute atomic E-state index is 15.0. The molecule has 3 rings (SSSR count). The predicted octanol–water partition coefficient (Wildman–Crippen LogP) is 5.17. The Labute approximate surface area is 194 Å². The van der Waals surface area contributed by atoms with Crippen molar-refractivity contribution in [2.45, 2.75) is 77.3 Å². The number of halogens is 2. The Bertz CT molecular complexity index is 964. The molecule has 1 N–H and O–H groups in total. The highest BCUT2D eigenvalue weighted by Gasteiger charge is 2.32. The minimum Gasteiger partial charge on any atom is -0.444 e. The SMILES string of the molecule is CCCC(Cc1ccc2c(F)ccc(N3CC[C@H](NC(=O)OC(C)(C)C)[C@H](F)C3)c2n1)OC. The molecule has 1 aliphatic heterocycles. The third kappa shape index (κ3) is 6.53. The zero-order chi connectivity index (χ0) is 24.2. The lowest BCUT2D eigenvalue weighted by Gasteiger charge is -2.37. The number of hydrogen-bond acceptors (Lipinski definition) is 5. The fraction of sp³-hybridized carbons (Fsp3) is 0.600. The standard InChI is InChI=1S/C25H35F2N3O3/c1-6-7-17(32-5)14-16-8-9-18-19(26)10-11-22(23(18)28-16)30-13-12-21(20(27)15-30)29-24(31)33-25(2,3)4/h8-11,17,20-21H,6-7,12-15H2,1-5H3,(H,29,31)/t17?,20-,21+/m1/s1. The number of methoxy groups -OCH3 is 1. The largest absolute Gasteiger partial charge is 0.444 e. The van der Waals surface area contributed by atoms with E-state index in [4.69, 9.17) is 14.5 Å². The van der Waals surface area contributed by atoms with Gasteiger partial charge in [0.05, 0.1) is 29.9 Å². The van der Waals surface area contributed by atoms with E-state index in [1.54, 1.807) is 40.0 Å². The molecule has 0 aliphatic carbocycles. The van der Waals surface area contributed by atoms with Crippen LogP contribution in [0.3, 0.4) is 0 Å². The van der Waals surface area contributed by atoms with E-state index in [1.807, 2.05) is 11.0 Å². The normalized spacial score (nSPS) is 20.0. The minimum atomic E-state index is -1.29. The average molecular weight is 464 g/mol. The second-order valence-electron chi connectivity index (χ2n) is 9.62. The number of alkyl carbamates (subject to hydrolysis) is 1. The summed E-state index contributed by atoms with van der Waals surface area (Å²) in [7, 11) is 1.68. The van der Waals surface area contributed by atoms with Crippen molar-refractivity contribution in [3.05, 3.63) is 35.8 Å². The number of piperidine rings is 1. The zero-order valence-electron chi connectivity index (χ0n) is 20.2. The minimum absolute atomic E-state index is 0.0434. The molecular weight excluding hydrogens is 428 g/mol. The number of amides is 1. The Balaban J connectivity index is 1.78. The van der Waals surface area contributed by atoms with Crippen LogP contribution in [0.4, 0.5) is 19.3 Å². The molecule has 3 atom stereocenters. The van der Waals surface area contributed by atoms with E-state index in [-0.39, 0.29) is 18.5 Å². The van der Waals surface area contributed by atoms with Crippen molar-refractivity contribution in [1.29, 1.82) is 0 Å². The van der Waals surface area contributed by atoms with Gasteiger partial charge in [0, 0.05) is 31.2 Å². The highest BCUT2D eigenvalue weighted by molar-refractivity contribution is 5.91. The molecule has 1 aromatic carbocycles. The van der Waals surface area contributed by atoms with E-state index in [2.05, 4.69) is 12.2 Å². The molecule has 0 saturated carbocycles. The van der Waals surface area contributed by atoms with Crippen molar-refractivity contribution in [2.24, 2.45) is 0 Å². The van der Waals surface area contributed by atoms with Crippen molar-refractivity contribution in [3.8, 4) is 0 Å². The maximum Gasteiger partial charge on any atom is 0.407 e. The molecule has 2 aromatic rings.